The van der Waals surface area contributed by atoms with E-state index in [1.165, 1.54) is 11.3 Å². The largest absolute Gasteiger partial charge is 0.497 e. The van der Waals surface area contributed by atoms with Crippen LogP contribution in [0.3, 0.4) is 0 Å². The number of benzene rings is 2. The molecule has 3 aromatic rings. The summed E-state index contributed by atoms with van der Waals surface area (Å²) in [4.78, 5) is 31.5. The second kappa shape index (κ2) is 9.14. The first kappa shape index (κ1) is 22.0. The summed E-state index contributed by atoms with van der Waals surface area (Å²) >= 11 is 7.55. The van der Waals surface area contributed by atoms with Crippen molar-refractivity contribution in [2.24, 2.45) is 4.99 Å². The van der Waals surface area contributed by atoms with Crippen molar-refractivity contribution in [1.82, 2.24) is 4.57 Å². The zero-order chi connectivity index (χ0) is 22.8. The zero-order valence-corrected chi connectivity index (χ0v) is 19.4. The summed E-state index contributed by atoms with van der Waals surface area (Å²) in [6.45, 7) is 3.72. The molecule has 1 aliphatic rings. The van der Waals surface area contributed by atoms with Crippen LogP contribution in [0.25, 0.3) is 6.08 Å². The molecular formula is C24H21ClN2O4S. The number of aromatic nitrogens is 1. The van der Waals surface area contributed by atoms with Gasteiger partial charge in [0.1, 0.15) is 5.75 Å². The number of methoxy groups -OCH3 is 1. The average molecular weight is 469 g/mol. The molecule has 0 radical (unpaired) electrons. The topological polar surface area (TPSA) is 69.9 Å². The predicted molar refractivity (Wildman–Crippen MR) is 125 cm³/mol. The van der Waals surface area contributed by atoms with Crippen molar-refractivity contribution in [1.29, 1.82) is 0 Å². The van der Waals surface area contributed by atoms with E-state index in [-0.39, 0.29) is 12.2 Å². The van der Waals surface area contributed by atoms with Crippen molar-refractivity contribution in [3.8, 4) is 5.75 Å². The van der Waals surface area contributed by atoms with Crippen molar-refractivity contribution in [2.45, 2.75) is 19.9 Å². The number of carbonyl (C=O) groups excluding carboxylic acids is 1. The van der Waals surface area contributed by atoms with Gasteiger partial charge in [0, 0.05) is 5.02 Å². The van der Waals surface area contributed by atoms with Crippen molar-refractivity contribution in [2.75, 3.05) is 13.7 Å². The van der Waals surface area contributed by atoms with Gasteiger partial charge in [-0.1, -0.05) is 53.3 Å². The van der Waals surface area contributed by atoms with Gasteiger partial charge in [0.15, 0.2) is 4.80 Å². The summed E-state index contributed by atoms with van der Waals surface area (Å²) in [5, 5.41) is 0.547. The van der Waals surface area contributed by atoms with Crippen LogP contribution in [-0.2, 0) is 9.53 Å². The van der Waals surface area contributed by atoms with Crippen LogP contribution in [0.15, 0.2) is 69.6 Å². The Bertz CT molecular complexity index is 1400. The number of halogens is 1. The molecule has 6 nitrogen and oxygen atoms in total. The summed E-state index contributed by atoms with van der Waals surface area (Å²) < 4.78 is 12.7. The first-order valence-corrected chi connectivity index (χ1v) is 11.2. The predicted octanol–water partition coefficient (Wildman–Crippen LogP) is 3.46. The van der Waals surface area contributed by atoms with Gasteiger partial charge in [0.05, 0.1) is 35.6 Å². The molecule has 1 aromatic heterocycles. The summed E-state index contributed by atoms with van der Waals surface area (Å²) in [6, 6.07) is 13.9. The summed E-state index contributed by atoms with van der Waals surface area (Å²) in [5.74, 6) is 0.125. The number of thiazole rings is 1. The molecule has 0 saturated carbocycles. The number of nitrogens with zero attached hydrogens (tertiary/aromatic N) is 2. The van der Waals surface area contributed by atoms with Gasteiger partial charge < -0.3 is 9.47 Å². The molecule has 2 aromatic carbocycles. The minimum atomic E-state index is -0.686. The third-order valence-electron chi connectivity index (χ3n) is 5.12. The van der Waals surface area contributed by atoms with Gasteiger partial charge in [0.2, 0.25) is 0 Å². The van der Waals surface area contributed by atoms with E-state index >= 15 is 0 Å². The first-order chi connectivity index (χ1) is 15.4. The molecule has 0 saturated heterocycles. The molecular weight excluding hydrogens is 448 g/mol. The van der Waals surface area contributed by atoms with Gasteiger partial charge in [-0.2, -0.15) is 0 Å². The van der Waals surface area contributed by atoms with Gasteiger partial charge in [-0.15, -0.1) is 0 Å². The molecule has 0 bridgehead atoms. The molecule has 1 aliphatic heterocycles. The van der Waals surface area contributed by atoms with E-state index in [2.05, 4.69) is 4.99 Å². The number of esters is 1. The third kappa shape index (κ3) is 4.01. The molecule has 164 valence electrons. The molecule has 0 fully saturated rings. The lowest BCUT2D eigenvalue weighted by molar-refractivity contribution is -0.139. The average Bonchev–Trinajstić information content (AvgIpc) is 3.09. The van der Waals surface area contributed by atoms with Crippen LogP contribution in [0, 0.1) is 0 Å². The van der Waals surface area contributed by atoms with Gasteiger partial charge >= 0.3 is 5.97 Å². The van der Waals surface area contributed by atoms with E-state index in [1.54, 1.807) is 37.7 Å². The number of fused-ring (bicyclic) bond motifs is 1. The second-order valence-electron chi connectivity index (χ2n) is 7.10. The lowest BCUT2D eigenvalue weighted by Gasteiger charge is -2.25. The molecule has 1 atom stereocenters. The van der Waals surface area contributed by atoms with Gasteiger partial charge in [-0.05, 0) is 49.2 Å². The van der Waals surface area contributed by atoms with E-state index < -0.39 is 12.0 Å². The van der Waals surface area contributed by atoms with Gasteiger partial charge in [-0.3, -0.25) is 9.36 Å². The first-order valence-electron chi connectivity index (χ1n) is 10.0. The van der Waals surface area contributed by atoms with Crippen LogP contribution in [0.1, 0.15) is 31.0 Å². The van der Waals surface area contributed by atoms with Crippen molar-refractivity contribution in [3.05, 3.63) is 95.6 Å². The van der Waals surface area contributed by atoms with Crippen LogP contribution in [0.4, 0.5) is 0 Å². The Morgan fingerprint density at radius 1 is 1.25 bits per heavy atom. The minimum absolute atomic E-state index is 0.220. The summed E-state index contributed by atoms with van der Waals surface area (Å²) in [6.07, 6.45) is 1.75. The Labute approximate surface area is 193 Å². The lowest BCUT2D eigenvalue weighted by atomic mass is 9.95. The fraction of sp³-hybridized carbons (Fsp3) is 0.208. The fourth-order valence-electron chi connectivity index (χ4n) is 3.65. The van der Waals surface area contributed by atoms with Crippen LogP contribution in [0.2, 0.25) is 5.02 Å². The standard InChI is InChI=1S/C24H21ClN2O4S/c1-4-31-23(29)20-14(2)26-24-27(21(20)16-9-7-10-17(12-16)30-3)22(28)19(32-24)13-15-8-5-6-11-18(15)25/h5-13,21H,4H2,1-3H3/t21-/m1/s1. The highest BCUT2D eigenvalue weighted by Gasteiger charge is 2.33. The van der Waals surface area contributed by atoms with Crippen LogP contribution in [-0.4, -0.2) is 24.3 Å². The summed E-state index contributed by atoms with van der Waals surface area (Å²) in [7, 11) is 1.57. The third-order valence-corrected chi connectivity index (χ3v) is 6.45. The van der Waals surface area contributed by atoms with Crippen LogP contribution in [0.5, 0.6) is 5.75 Å². The molecule has 0 spiro atoms. The monoisotopic (exact) mass is 468 g/mol. The number of allylic oxidation sites excluding steroid dienone is 1. The number of hydrogen-bond acceptors (Lipinski definition) is 6. The molecule has 8 heteroatoms. The van der Waals surface area contributed by atoms with Gasteiger partial charge in [0.25, 0.3) is 5.56 Å². The normalized spacial score (nSPS) is 15.9. The lowest BCUT2D eigenvalue weighted by Crippen LogP contribution is -2.39. The molecule has 0 N–H and O–H groups in total. The van der Waals surface area contributed by atoms with Crippen molar-refractivity contribution in [3.63, 3.8) is 0 Å². The second-order valence-corrected chi connectivity index (χ2v) is 8.52. The molecule has 32 heavy (non-hydrogen) atoms. The number of ether oxygens (including phenoxy) is 2. The maximum atomic E-state index is 13.5. The molecule has 2 heterocycles. The Hall–Kier alpha value is -3.16. The van der Waals surface area contributed by atoms with E-state index in [4.69, 9.17) is 21.1 Å². The molecule has 0 aliphatic carbocycles. The number of carbonyl (C=O) groups is 1. The maximum Gasteiger partial charge on any atom is 0.338 e. The molecule has 0 amide bonds. The Morgan fingerprint density at radius 3 is 2.75 bits per heavy atom. The Morgan fingerprint density at radius 2 is 2.03 bits per heavy atom. The minimum Gasteiger partial charge on any atom is -0.497 e. The van der Waals surface area contributed by atoms with Gasteiger partial charge in [-0.25, -0.2) is 9.79 Å². The molecule has 0 unspecified atom stereocenters. The van der Waals surface area contributed by atoms with E-state index in [9.17, 15) is 9.59 Å². The SMILES string of the molecule is CCOC(=O)C1=C(C)N=c2sc(=Cc3ccccc3Cl)c(=O)n2[C@@H]1c1cccc(OC)c1. The van der Waals surface area contributed by atoms with Crippen molar-refractivity contribution >= 4 is 35.0 Å². The zero-order valence-electron chi connectivity index (χ0n) is 17.8. The quantitative estimate of drug-likeness (QED) is 0.538. The Kier molecular flexibility index (Phi) is 6.30. The van der Waals surface area contributed by atoms with E-state index in [1.807, 2.05) is 42.5 Å². The number of hydrogen-bond donors (Lipinski definition) is 0. The Balaban J connectivity index is 1.98. The van der Waals surface area contributed by atoms with Crippen LogP contribution < -0.4 is 19.6 Å². The highest BCUT2D eigenvalue weighted by atomic mass is 35.5. The molecule has 4 rings (SSSR count). The fourth-order valence-corrected chi connectivity index (χ4v) is 4.88. The maximum absolute atomic E-state index is 13.5. The van der Waals surface area contributed by atoms with E-state index in [0.717, 1.165) is 11.1 Å². The van der Waals surface area contributed by atoms with Crippen molar-refractivity contribution < 1.29 is 14.3 Å². The number of rotatable bonds is 5. The van der Waals surface area contributed by atoms with Crippen LogP contribution >= 0.6 is 22.9 Å². The highest BCUT2D eigenvalue weighted by molar-refractivity contribution is 7.07. The van der Waals surface area contributed by atoms with E-state index in [0.29, 0.717) is 31.4 Å². The smallest absolute Gasteiger partial charge is 0.338 e. The summed E-state index contributed by atoms with van der Waals surface area (Å²) in [5.41, 5.74) is 2.06. The highest BCUT2D eigenvalue weighted by Crippen LogP contribution is 2.32.